The lowest BCUT2D eigenvalue weighted by molar-refractivity contribution is 0.0949. The molecule has 4 rings (SSSR count). The third-order valence-electron chi connectivity index (χ3n) is 4.03. The maximum Gasteiger partial charge on any atom is 0.257 e. The third-order valence-corrected chi connectivity index (χ3v) is 4.03. The number of carbonyl (C=O) groups is 1. The first-order valence-corrected chi connectivity index (χ1v) is 7.74. The van der Waals surface area contributed by atoms with Crippen LogP contribution in [-0.2, 0) is 0 Å². The van der Waals surface area contributed by atoms with E-state index in [9.17, 15) is 14.7 Å². The Morgan fingerprint density at radius 3 is 2.83 bits per heavy atom. The van der Waals surface area contributed by atoms with E-state index in [0.29, 0.717) is 16.7 Å². The summed E-state index contributed by atoms with van der Waals surface area (Å²) in [6.45, 7) is 0. The van der Waals surface area contributed by atoms with Crippen molar-refractivity contribution in [3.63, 3.8) is 0 Å². The molecule has 1 amide bonds. The summed E-state index contributed by atoms with van der Waals surface area (Å²) >= 11 is 0. The number of hydrogen-bond acceptors (Lipinski definition) is 4. The SMILES string of the molecule is O=C(NC1CC1)c1cn(-c2cccc(O)c2)c2ncccc2c1=O. The van der Waals surface area contributed by atoms with Crippen molar-refractivity contribution in [3.8, 4) is 11.4 Å². The van der Waals surface area contributed by atoms with Crippen LogP contribution in [0.5, 0.6) is 5.75 Å². The standard InChI is InChI=1S/C18H15N3O3/c22-13-4-1-3-12(9-13)21-10-15(18(24)20-11-6-7-11)16(23)14-5-2-8-19-17(14)21/h1-5,8-11,22H,6-7H2,(H,20,24). The molecule has 3 aromatic rings. The fraction of sp³-hybridized carbons (Fsp3) is 0.167. The second-order valence-corrected chi connectivity index (χ2v) is 5.88. The van der Waals surface area contributed by atoms with Crippen LogP contribution < -0.4 is 10.7 Å². The molecular formula is C18H15N3O3. The van der Waals surface area contributed by atoms with Crippen molar-refractivity contribution in [2.75, 3.05) is 0 Å². The average Bonchev–Trinajstić information content (AvgIpc) is 3.39. The Balaban J connectivity index is 1.96. The van der Waals surface area contributed by atoms with Crippen molar-refractivity contribution in [3.05, 3.63) is 64.6 Å². The van der Waals surface area contributed by atoms with Crippen LogP contribution in [0.1, 0.15) is 23.2 Å². The van der Waals surface area contributed by atoms with Crippen LogP contribution >= 0.6 is 0 Å². The van der Waals surface area contributed by atoms with E-state index in [1.54, 1.807) is 47.2 Å². The van der Waals surface area contributed by atoms with Crippen LogP contribution in [0.25, 0.3) is 16.7 Å². The summed E-state index contributed by atoms with van der Waals surface area (Å²) in [4.78, 5) is 29.3. The summed E-state index contributed by atoms with van der Waals surface area (Å²) in [6.07, 6.45) is 4.97. The summed E-state index contributed by atoms with van der Waals surface area (Å²) in [7, 11) is 0. The van der Waals surface area contributed by atoms with Crippen molar-refractivity contribution in [2.24, 2.45) is 0 Å². The minimum Gasteiger partial charge on any atom is -0.508 e. The van der Waals surface area contributed by atoms with E-state index in [0.717, 1.165) is 12.8 Å². The summed E-state index contributed by atoms with van der Waals surface area (Å²) < 4.78 is 1.65. The zero-order valence-electron chi connectivity index (χ0n) is 12.8. The molecule has 0 aliphatic heterocycles. The molecule has 1 aromatic carbocycles. The number of benzene rings is 1. The van der Waals surface area contributed by atoms with Crippen molar-refractivity contribution in [2.45, 2.75) is 18.9 Å². The summed E-state index contributed by atoms with van der Waals surface area (Å²) in [5.41, 5.74) is 0.800. The van der Waals surface area contributed by atoms with Gasteiger partial charge in [-0.25, -0.2) is 4.98 Å². The predicted octanol–water partition coefficient (Wildman–Crippen LogP) is 1.98. The Morgan fingerprint density at radius 2 is 2.08 bits per heavy atom. The zero-order chi connectivity index (χ0) is 16.7. The number of nitrogens with one attached hydrogen (secondary N) is 1. The van der Waals surface area contributed by atoms with Gasteiger partial charge in [-0.1, -0.05) is 6.07 Å². The van der Waals surface area contributed by atoms with Gasteiger partial charge in [-0.2, -0.15) is 0 Å². The van der Waals surface area contributed by atoms with E-state index in [2.05, 4.69) is 10.3 Å². The molecule has 0 spiro atoms. The number of carbonyl (C=O) groups excluding carboxylic acids is 1. The molecule has 1 fully saturated rings. The van der Waals surface area contributed by atoms with E-state index in [1.165, 1.54) is 6.20 Å². The minimum absolute atomic E-state index is 0.0748. The van der Waals surface area contributed by atoms with Crippen LogP contribution in [0.15, 0.2) is 53.6 Å². The Kier molecular flexibility index (Phi) is 3.30. The lowest BCUT2D eigenvalue weighted by Crippen LogP contribution is -2.31. The molecule has 6 heteroatoms. The Hall–Kier alpha value is -3.15. The topological polar surface area (TPSA) is 84.2 Å². The van der Waals surface area contributed by atoms with Gasteiger partial charge >= 0.3 is 0 Å². The smallest absolute Gasteiger partial charge is 0.257 e. The number of amides is 1. The third kappa shape index (κ3) is 2.52. The van der Waals surface area contributed by atoms with Gasteiger partial charge < -0.3 is 15.0 Å². The molecule has 0 unspecified atom stereocenters. The number of pyridine rings is 2. The van der Waals surface area contributed by atoms with Crippen molar-refractivity contribution in [1.29, 1.82) is 0 Å². The quantitative estimate of drug-likeness (QED) is 0.772. The van der Waals surface area contributed by atoms with Crippen LogP contribution in [0, 0.1) is 0 Å². The van der Waals surface area contributed by atoms with Gasteiger partial charge in [0.15, 0.2) is 0 Å². The van der Waals surface area contributed by atoms with Gasteiger partial charge in [0.1, 0.15) is 17.0 Å². The number of aromatic hydroxyl groups is 1. The summed E-state index contributed by atoms with van der Waals surface area (Å²) in [5.74, 6) is -0.276. The Labute approximate surface area is 137 Å². The van der Waals surface area contributed by atoms with Crippen LogP contribution in [0.3, 0.4) is 0 Å². The summed E-state index contributed by atoms with van der Waals surface area (Å²) in [5, 5.41) is 12.9. The molecule has 0 atom stereocenters. The van der Waals surface area contributed by atoms with E-state index < -0.39 is 0 Å². The minimum atomic E-state index is -0.373. The molecule has 6 nitrogen and oxygen atoms in total. The maximum absolute atomic E-state index is 12.7. The van der Waals surface area contributed by atoms with Gasteiger partial charge in [-0.3, -0.25) is 9.59 Å². The van der Waals surface area contributed by atoms with Crippen LogP contribution in [-0.4, -0.2) is 26.6 Å². The van der Waals surface area contributed by atoms with E-state index >= 15 is 0 Å². The molecule has 0 radical (unpaired) electrons. The molecule has 120 valence electrons. The zero-order valence-corrected chi connectivity index (χ0v) is 12.8. The number of fused-ring (bicyclic) bond motifs is 1. The molecule has 1 saturated carbocycles. The van der Waals surface area contributed by atoms with Crippen molar-refractivity contribution in [1.82, 2.24) is 14.9 Å². The normalized spacial score (nSPS) is 13.8. The first kappa shape index (κ1) is 14.4. The highest BCUT2D eigenvalue weighted by Crippen LogP contribution is 2.21. The van der Waals surface area contributed by atoms with Gasteiger partial charge in [-0.05, 0) is 37.1 Å². The Morgan fingerprint density at radius 1 is 1.25 bits per heavy atom. The highest BCUT2D eigenvalue weighted by molar-refractivity contribution is 5.97. The molecule has 2 N–H and O–H groups in total. The molecule has 0 bridgehead atoms. The number of aromatic nitrogens is 2. The fourth-order valence-corrected chi connectivity index (χ4v) is 2.65. The number of phenols is 1. The highest BCUT2D eigenvalue weighted by atomic mass is 16.3. The van der Waals surface area contributed by atoms with Crippen LogP contribution in [0.2, 0.25) is 0 Å². The largest absolute Gasteiger partial charge is 0.508 e. The fourth-order valence-electron chi connectivity index (χ4n) is 2.65. The lowest BCUT2D eigenvalue weighted by Gasteiger charge is -2.13. The van der Waals surface area contributed by atoms with Gasteiger partial charge in [0.2, 0.25) is 5.43 Å². The monoisotopic (exact) mass is 321 g/mol. The van der Waals surface area contributed by atoms with Gasteiger partial charge in [-0.15, -0.1) is 0 Å². The summed E-state index contributed by atoms with van der Waals surface area (Å²) in [6, 6.07) is 10.1. The molecule has 1 aliphatic rings. The second-order valence-electron chi connectivity index (χ2n) is 5.88. The molecular weight excluding hydrogens is 306 g/mol. The Bertz CT molecular complexity index is 1010. The molecule has 2 heterocycles. The molecule has 0 saturated heterocycles. The lowest BCUT2D eigenvalue weighted by atomic mass is 10.1. The van der Waals surface area contributed by atoms with Gasteiger partial charge in [0, 0.05) is 24.5 Å². The number of phenolic OH excluding ortho intramolecular Hbond substituents is 1. The van der Waals surface area contributed by atoms with Crippen molar-refractivity contribution < 1.29 is 9.90 Å². The number of rotatable bonds is 3. The van der Waals surface area contributed by atoms with Gasteiger partial charge in [0.05, 0.1) is 11.1 Å². The average molecular weight is 321 g/mol. The first-order chi connectivity index (χ1) is 11.6. The molecule has 2 aromatic heterocycles. The van der Waals surface area contributed by atoms with E-state index in [1.807, 2.05) is 0 Å². The molecule has 24 heavy (non-hydrogen) atoms. The highest BCUT2D eigenvalue weighted by Gasteiger charge is 2.26. The van der Waals surface area contributed by atoms with Crippen molar-refractivity contribution >= 4 is 16.9 Å². The number of hydrogen-bond donors (Lipinski definition) is 2. The second kappa shape index (κ2) is 5.49. The van der Waals surface area contributed by atoms with E-state index in [4.69, 9.17) is 0 Å². The first-order valence-electron chi connectivity index (χ1n) is 7.74. The number of nitrogens with zero attached hydrogens (tertiary/aromatic N) is 2. The maximum atomic E-state index is 12.7. The molecule has 1 aliphatic carbocycles. The van der Waals surface area contributed by atoms with Crippen LogP contribution in [0.4, 0.5) is 0 Å². The van der Waals surface area contributed by atoms with E-state index in [-0.39, 0.29) is 28.7 Å². The van der Waals surface area contributed by atoms with Gasteiger partial charge in [0.25, 0.3) is 5.91 Å². The predicted molar refractivity (Wildman–Crippen MR) is 89.5 cm³/mol.